The minimum Gasteiger partial charge on any atom is -0.494 e. The Morgan fingerprint density at radius 1 is 1.02 bits per heavy atom. The second-order valence-corrected chi connectivity index (χ2v) is 13.4. The highest BCUT2D eigenvalue weighted by Crippen LogP contribution is 2.36. The summed E-state index contributed by atoms with van der Waals surface area (Å²) >= 11 is 1.27. The highest BCUT2D eigenvalue weighted by Gasteiger charge is 2.34. The number of nitrogens with zero attached hydrogens (tertiary/aromatic N) is 3. The zero-order chi connectivity index (χ0) is 32.9. The van der Waals surface area contributed by atoms with E-state index >= 15 is 0 Å². The summed E-state index contributed by atoms with van der Waals surface area (Å²) < 4.78 is 13.7. The molecule has 6 rings (SSSR count). The van der Waals surface area contributed by atoms with Gasteiger partial charge in [-0.05, 0) is 80.0 Å². The molecule has 0 radical (unpaired) electrons. The van der Waals surface area contributed by atoms with Crippen LogP contribution < -0.4 is 10.1 Å². The van der Waals surface area contributed by atoms with Gasteiger partial charge in [-0.1, -0.05) is 69.3 Å². The Labute approximate surface area is 279 Å². The number of amides is 1. The van der Waals surface area contributed by atoms with Crippen LogP contribution in [-0.4, -0.2) is 50.1 Å². The molecule has 0 saturated heterocycles. The van der Waals surface area contributed by atoms with Gasteiger partial charge in [-0.2, -0.15) is 0 Å². The van der Waals surface area contributed by atoms with Crippen LogP contribution in [0.5, 0.6) is 5.75 Å². The van der Waals surface area contributed by atoms with Gasteiger partial charge in [0.15, 0.2) is 11.0 Å². The maximum absolute atomic E-state index is 13.4. The molecular formula is C37H41N5O4S. The molecule has 1 amide bonds. The van der Waals surface area contributed by atoms with Crippen molar-refractivity contribution in [3.8, 4) is 22.8 Å². The number of carbonyl (C=O) groups is 2. The van der Waals surface area contributed by atoms with Crippen molar-refractivity contribution in [3.63, 3.8) is 0 Å². The fraction of sp³-hybridized carbons (Fsp3) is 0.351. The first-order valence-electron chi connectivity index (χ1n) is 16.3. The Balaban J connectivity index is 1.21. The first-order chi connectivity index (χ1) is 22.8. The number of nitrogens with one attached hydrogen (secondary N) is 2. The third-order valence-corrected chi connectivity index (χ3v) is 9.77. The molecule has 47 heavy (non-hydrogen) atoms. The minimum absolute atomic E-state index is 0.0575. The molecular weight excluding hydrogens is 611 g/mol. The zero-order valence-electron chi connectivity index (χ0n) is 27.2. The van der Waals surface area contributed by atoms with Gasteiger partial charge in [-0.25, -0.2) is 4.79 Å². The summed E-state index contributed by atoms with van der Waals surface area (Å²) in [4.78, 5) is 30.1. The summed E-state index contributed by atoms with van der Waals surface area (Å²) in [5.74, 6) is 2.07. The van der Waals surface area contributed by atoms with Crippen molar-refractivity contribution in [2.75, 3.05) is 17.7 Å². The average molecular weight is 652 g/mol. The molecule has 0 spiro atoms. The molecule has 1 saturated carbocycles. The first kappa shape index (κ1) is 32.4. The number of thioether (sulfide) groups is 1. The van der Waals surface area contributed by atoms with E-state index in [1.165, 1.54) is 11.8 Å². The van der Waals surface area contributed by atoms with Gasteiger partial charge < -0.3 is 19.8 Å². The second kappa shape index (κ2) is 14.5. The van der Waals surface area contributed by atoms with E-state index in [0.717, 1.165) is 47.2 Å². The summed E-state index contributed by atoms with van der Waals surface area (Å²) in [5.41, 5.74) is 3.52. The Hall–Kier alpha value is -4.57. The number of H-pyrrole nitrogens is 1. The number of anilines is 1. The Bertz CT molecular complexity index is 1850. The smallest absolute Gasteiger partial charge is 0.340 e. The van der Waals surface area contributed by atoms with Crippen molar-refractivity contribution >= 4 is 40.2 Å². The van der Waals surface area contributed by atoms with E-state index in [4.69, 9.17) is 9.47 Å². The number of aromatic amines is 1. The summed E-state index contributed by atoms with van der Waals surface area (Å²) in [6.07, 6.45) is 4.85. The number of para-hydroxylation sites is 2. The Morgan fingerprint density at radius 2 is 1.79 bits per heavy atom. The van der Waals surface area contributed by atoms with E-state index in [2.05, 4.69) is 41.3 Å². The molecule has 244 valence electrons. The monoisotopic (exact) mass is 651 g/mol. The van der Waals surface area contributed by atoms with E-state index in [0.29, 0.717) is 46.6 Å². The van der Waals surface area contributed by atoms with Crippen molar-refractivity contribution in [1.29, 1.82) is 0 Å². The molecule has 9 nitrogen and oxygen atoms in total. The number of fused-ring (bicyclic) bond motifs is 1. The number of benzene rings is 3. The molecule has 0 bridgehead atoms. The molecule has 1 aliphatic rings. The fourth-order valence-corrected chi connectivity index (χ4v) is 7.17. The first-order valence-corrected chi connectivity index (χ1v) is 17.3. The molecule has 3 atom stereocenters. The van der Waals surface area contributed by atoms with Crippen LogP contribution in [0.25, 0.3) is 28.0 Å². The van der Waals surface area contributed by atoms with Crippen LogP contribution in [-0.2, 0) is 9.53 Å². The van der Waals surface area contributed by atoms with E-state index in [1.807, 2.05) is 66.2 Å². The van der Waals surface area contributed by atoms with Crippen molar-refractivity contribution in [3.05, 3.63) is 84.6 Å². The molecule has 0 unspecified atom stereocenters. The van der Waals surface area contributed by atoms with Crippen LogP contribution in [0.15, 0.2) is 84.1 Å². The highest BCUT2D eigenvalue weighted by atomic mass is 32.2. The van der Waals surface area contributed by atoms with Crippen LogP contribution >= 0.6 is 11.8 Å². The molecule has 1 aliphatic carbocycles. The molecule has 0 aliphatic heterocycles. The zero-order valence-corrected chi connectivity index (χ0v) is 28.0. The number of aromatic nitrogens is 4. The lowest BCUT2D eigenvalue weighted by molar-refractivity contribution is -0.113. The van der Waals surface area contributed by atoms with Gasteiger partial charge in [0, 0.05) is 28.4 Å². The van der Waals surface area contributed by atoms with E-state index in [9.17, 15) is 9.59 Å². The van der Waals surface area contributed by atoms with Crippen LogP contribution in [0, 0.1) is 17.8 Å². The second-order valence-electron chi connectivity index (χ2n) is 12.5. The van der Waals surface area contributed by atoms with Gasteiger partial charge in [-0.3, -0.25) is 9.36 Å². The van der Waals surface area contributed by atoms with Gasteiger partial charge in [-0.15, -0.1) is 10.2 Å². The third-order valence-electron chi connectivity index (χ3n) is 8.84. The van der Waals surface area contributed by atoms with Gasteiger partial charge in [0.05, 0.1) is 23.6 Å². The number of rotatable bonds is 11. The predicted molar refractivity (Wildman–Crippen MR) is 186 cm³/mol. The van der Waals surface area contributed by atoms with Crippen LogP contribution in [0.3, 0.4) is 0 Å². The molecule has 3 aromatic carbocycles. The molecule has 2 heterocycles. The number of hydrogen-bond acceptors (Lipinski definition) is 7. The van der Waals surface area contributed by atoms with E-state index in [-0.39, 0.29) is 17.8 Å². The molecule has 1 fully saturated rings. The van der Waals surface area contributed by atoms with Crippen molar-refractivity contribution in [2.24, 2.45) is 17.8 Å². The molecule has 5 aromatic rings. The van der Waals surface area contributed by atoms with E-state index in [1.54, 1.807) is 24.3 Å². The number of hydrogen-bond donors (Lipinski definition) is 2. The summed E-state index contributed by atoms with van der Waals surface area (Å²) in [5, 5.41) is 13.6. The Kier molecular flexibility index (Phi) is 9.96. The van der Waals surface area contributed by atoms with Crippen molar-refractivity contribution in [2.45, 2.75) is 58.2 Å². The summed E-state index contributed by atoms with van der Waals surface area (Å²) in [7, 11) is 0. The summed E-state index contributed by atoms with van der Waals surface area (Å²) in [6.45, 7) is 9.11. The fourth-order valence-electron chi connectivity index (χ4n) is 6.42. The SMILES string of the molecule is CCOc1ccc(-n2c(SCC(=O)Nc3ccccc3C(=O)O[C@@H]3C[C@H](C)CC[C@H]3C(C)C)nnc2-c2c[nH]c3ccccc23)cc1. The normalized spacial score (nSPS) is 17.9. The number of carbonyl (C=O) groups excluding carboxylic acids is 2. The van der Waals surface area contributed by atoms with Crippen LogP contribution in [0.2, 0.25) is 0 Å². The van der Waals surface area contributed by atoms with E-state index < -0.39 is 5.97 Å². The number of esters is 1. The number of ether oxygens (including phenoxy) is 2. The lowest BCUT2D eigenvalue weighted by Crippen LogP contribution is -2.36. The van der Waals surface area contributed by atoms with Gasteiger partial charge in [0.1, 0.15) is 11.9 Å². The molecule has 2 aromatic heterocycles. The topological polar surface area (TPSA) is 111 Å². The van der Waals surface area contributed by atoms with Gasteiger partial charge in [0.25, 0.3) is 0 Å². The standard InChI is InChI=1S/C37H41N5O4S/c1-5-45-26-17-15-25(16-18-26)42-35(30-21-38-31-12-8-6-10-28(30)31)40-41-37(42)47-22-34(43)39-32-13-9-7-11-29(32)36(44)46-33-20-24(4)14-19-27(33)23(2)3/h6-13,15-18,21,23-24,27,33,38H,5,14,19-20,22H2,1-4H3,(H,39,43)/t24-,27+,33-/m1/s1. The quantitative estimate of drug-likeness (QED) is 0.109. The largest absolute Gasteiger partial charge is 0.494 e. The van der Waals surface area contributed by atoms with Crippen LogP contribution in [0.4, 0.5) is 5.69 Å². The van der Waals surface area contributed by atoms with Crippen molar-refractivity contribution < 1.29 is 19.1 Å². The Morgan fingerprint density at radius 3 is 2.57 bits per heavy atom. The molecule has 2 N–H and O–H groups in total. The van der Waals surface area contributed by atoms with Crippen molar-refractivity contribution in [1.82, 2.24) is 19.7 Å². The third kappa shape index (κ3) is 7.22. The van der Waals surface area contributed by atoms with Crippen LogP contribution in [0.1, 0.15) is 57.3 Å². The highest BCUT2D eigenvalue weighted by molar-refractivity contribution is 7.99. The lowest BCUT2D eigenvalue weighted by Gasteiger charge is -2.36. The van der Waals surface area contributed by atoms with Gasteiger partial charge in [0.2, 0.25) is 5.91 Å². The minimum atomic E-state index is -0.406. The lowest BCUT2D eigenvalue weighted by atomic mass is 9.75. The average Bonchev–Trinajstić information content (AvgIpc) is 3.68. The molecule has 10 heteroatoms. The maximum atomic E-state index is 13.4. The van der Waals surface area contributed by atoms with Gasteiger partial charge >= 0.3 is 5.97 Å². The predicted octanol–water partition coefficient (Wildman–Crippen LogP) is 8.16. The summed E-state index contributed by atoms with van der Waals surface area (Å²) in [6, 6.07) is 22.8. The maximum Gasteiger partial charge on any atom is 0.340 e.